The summed E-state index contributed by atoms with van der Waals surface area (Å²) in [7, 11) is 0. The largest absolute Gasteiger partial charge is 0.418 e. The number of aryl methyl sites for hydroxylation is 1. The maximum absolute atomic E-state index is 13.7. The third kappa shape index (κ3) is 6.35. The van der Waals surface area contributed by atoms with Crippen molar-refractivity contribution in [2.75, 3.05) is 0 Å². The highest BCUT2D eigenvalue weighted by Gasteiger charge is 2.37. The third-order valence-electron chi connectivity index (χ3n) is 5.76. The van der Waals surface area contributed by atoms with Gasteiger partial charge in [-0.1, -0.05) is 44.2 Å². The molecule has 2 amide bonds. The molecule has 192 valence electrons. The van der Waals surface area contributed by atoms with E-state index in [1.54, 1.807) is 0 Å². The van der Waals surface area contributed by atoms with Crippen molar-refractivity contribution in [1.29, 1.82) is 0 Å². The van der Waals surface area contributed by atoms with Gasteiger partial charge in [0.1, 0.15) is 0 Å². The number of alkyl halides is 6. The van der Waals surface area contributed by atoms with Crippen molar-refractivity contribution in [3.05, 3.63) is 99.9 Å². The number of rotatable bonds is 6. The summed E-state index contributed by atoms with van der Waals surface area (Å²) in [5.74, 6) is 0.174. The Hall–Kier alpha value is -3.56. The Balaban J connectivity index is 1.94. The zero-order chi connectivity index (χ0) is 26.7. The van der Waals surface area contributed by atoms with Gasteiger partial charge in [0.15, 0.2) is 0 Å². The molecule has 0 aliphatic rings. The van der Waals surface area contributed by atoms with Crippen molar-refractivity contribution in [3.8, 4) is 0 Å². The second-order valence-electron chi connectivity index (χ2n) is 8.61. The molecule has 0 fully saturated rings. The number of halogens is 6. The van der Waals surface area contributed by atoms with Crippen molar-refractivity contribution in [2.24, 2.45) is 0 Å². The molecule has 0 unspecified atom stereocenters. The second-order valence-corrected chi connectivity index (χ2v) is 8.61. The van der Waals surface area contributed by atoms with Gasteiger partial charge in [0.25, 0.3) is 0 Å². The van der Waals surface area contributed by atoms with Crippen LogP contribution in [-0.4, -0.2) is 11.0 Å². The number of urea groups is 1. The summed E-state index contributed by atoms with van der Waals surface area (Å²) in [6.45, 7) is 5.99. The average Bonchev–Trinajstić information content (AvgIpc) is 2.80. The predicted molar refractivity (Wildman–Crippen MR) is 123 cm³/mol. The van der Waals surface area contributed by atoms with E-state index >= 15 is 0 Å². The summed E-state index contributed by atoms with van der Waals surface area (Å²) in [6, 6.07) is 8.93. The second kappa shape index (κ2) is 10.6. The normalized spacial score (nSPS) is 12.9. The summed E-state index contributed by atoms with van der Waals surface area (Å²) in [5, 5.41) is 5.12. The minimum atomic E-state index is -4.79. The number of aromatic nitrogens is 1. The number of pyridine rings is 1. The topological polar surface area (TPSA) is 54.0 Å². The van der Waals surface area contributed by atoms with Gasteiger partial charge in [-0.3, -0.25) is 4.98 Å². The van der Waals surface area contributed by atoms with Crippen molar-refractivity contribution >= 4 is 6.03 Å². The summed E-state index contributed by atoms with van der Waals surface area (Å²) < 4.78 is 80.1. The first-order valence-electron chi connectivity index (χ1n) is 11.1. The standard InChI is InChI=1S/C26H25F6N3O/c1-15(2)19-7-4-6-16(3)20(19)14-34-24(36)35-22(17-9-11-18(12-10-17)25(27,28)29)23-21(26(30,31)32)8-5-13-33-23/h4-13,15,22H,14H2,1-3H3,(H2,34,35,36)/t22-/m0/s1. The average molecular weight is 509 g/mol. The molecular weight excluding hydrogens is 484 g/mol. The van der Waals surface area contributed by atoms with Gasteiger partial charge in [0.05, 0.1) is 22.9 Å². The lowest BCUT2D eigenvalue weighted by atomic mass is 9.94. The molecule has 2 N–H and O–H groups in total. The van der Waals surface area contributed by atoms with Crippen LogP contribution in [0.2, 0.25) is 0 Å². The molecule has 3 rings (SSSR count). The van der Waals surface area contributed by atoms with Crippen LogP contribution >= 0.6 is 0 Å². The Morgan fingerprint density at radius 1 is 0.917 bits per heavy atom. The predicted octanol–water partition coefficient (Wildman–Crippen LogP) is 7.14. The lowest BCUT2D eigenvalue weighted by Gasteiger charge is -2.23. The lowest BCUT2D eigenvalue weighted by molar-refractivity contribution is -0.139. The minimum Gasteiger partial charge on any atom is -0.334 e. The van der Waals surface area contributed by atoms with Crippen LogP contribution in [0.5, 0.6) is 0 Å². The van der Waals surface area contributed by atoms with Crippen LogP contribution < -0.4 is 10.6 Å². The van der Waals surface area contributed by atoms with E-state index in [1.807, 2.05) is 39.0 Å². The molecule has 10 heteroatoms. The highest BCUT2D eigenvalue weighted by Crippen LogP contribution is 2.36. The van der Waals surface area contributed by atoms with E-state index in [0.717, 1.165) is 59.3 Å². The maximum Gasteiger partial charge on any atom is 0.418 e. The quantitative estimate of drug-likeness (QED) is 0.347. The first-order valence-corrected chi connectivity index (χ1v) is 11.1. The smallest absolute Gasteiger partial charge is 0.334 e. The Morgan fingerprint density at radius 3 is 2.17 bits per heavy atom. The molecule has 1 atom stereocenters. The van der Waals surface area contributed by atoms with Gasteiger partial charge < -0.3 is 10.6 Å². The van der Waals surface area contributed by atoms with E-state index in [1.165, 1.54) is 0 Å². The highest BCUT2D eigenvalue weighted by atomic mass is 19.4. The van der Waals surface area contributed by atoms with E-state index in [4.69, 9.17) is 0 Å². The molecule has 0 aliphatic carbocycles. The fraction of sp³-hybridized carbons (Fsp3) is 0.308. The first-order chi connectivity index (χ1) is 16.8. The van der Waals surface area contributed by atoms with Gasteiger partial charge in [0, 0.05) is 12.7 Å². The number of benzene rings is 2. The van der Waals surface area contributed by atoms with Crippen LogP contribution in [0.3, 0.4) is 0 Å². The molecule has 4 nitrogen and oxygen atoms in total. The third-order valence-corrected chi connectivity index (χ3v) is 5.76. The number of amides is 2. The number of nitrogens with one attached hydrogen (secondary N) is 2. The van der Waals surface area contributed by atoms with Crippen LogP contribution in [0.25, 0.3) is 0 Å². The Labute approximate surface area is 204 Å². The molecule has 36 heavy (non-hydrogen) atoms. The van der Waals surface area contributed by atoms with E-state index in [0.29, 0.717) is 0 Å². The minimum absolute atomic E-state index is 0.0149. The number of carbonyl (C=O) groups is 1. The molecule has 0 radical (unpaired) electrons. The van der Waals surface area contributed by atoms with E-state index in [-0.39, 0.29) is 18.0 Å². The van der Waals surface area contributed by atoms with Crippen LogP contribution in [0.4, 0.5) is 31.1 Å². The summed E-state index contributed by atoms with van der Waals surface area (Å²) in [5.41, 5.74) is 0.245. The first kappa shape index (κ1) is 27.0. The van der Waals surface area contributed by atoms with Crippen molar-refractivity contribution in [2.45, 2.75) is 51.6 Å². The van der Waals surface area contributed by atoms with Gasteiger partial charge in [-0.05, 0) is 59.4 Å². The van der Waals surface area contributed by atoms with Gasteiger partial charge in [-0.25, -0.2) is 4.79 Å². The Bertz CT molecular complexity index is 1200. The van der Waals surface area contributed by atoms with Gasteiger partial charge >= 0.3 is 18.4 Å². The Morgan fingerprint density at radius 2 is 1.58 bits per heavy atom. The molecule has 2 aromatic carbocycles. The molecule has 1 heterocycles. The van der Waals surface area contributed by atoms with E-state index < -0.39 is 41.2 Å². The molecule has 0 aliphatic heterocycles. The van der Waals surface area contributed by atoms with Crippen molar-refractivity contribution < 1.29 is 31.1 Å². The lowest BCUT2D eigenvalue weighted by Crippen LogP contribution is -2.39. The fourth-order valence-electron chi connectivity index (χ4n) is 3.92. The molecule has 0 saturated heterocycles. The summed E-state index contributed by atoms with van der Waals surface area (Å²) in [6.07, 6.45) is -8.29. The molecule has 0 spiro atoms. The van der Waals surface area contributed by atoms with Gasteiger partial charge in [-0.2, -0.15) is 26.3 Å². The van der Waals surface area contributed by atoms with Crippen molar-refractivity contribution in [3.63, 3.8) is 0 Å². The Kier molecular flexibility index (Phi) is 7.96. The van der Waals surface area contributed by atoms with E-state index in [9.17, 15) is 31.1 Å². The maximum atomic E-state index is 13.7. The SMILES string of the molecule is Cc1cccc(C(C)C)c1CNC(=O)N[C@@H](c1ccc(C(F)(F)F)cc1)c1ncccc1C(F)(F)F. The highest BCUT2D eigenvalue weighted by molar-refractivity contribution is 5.75. The number of carbonyl (C=O) groups excluding carboxylic acids is 1. The molecular formula is C26H25F6N3O. The van der Waals surface area contributed by atoms with Crippen molar-refractivity contribution in [1.82, 2.24) is 15.6 Å². The molecule has 0 saturated carbocycles. The summed E-state index contributed by atoms with van der Waals surface area (Å²) >= 11 is 0. The fourth-order valence-corrected chi connectivity index (χ4v) is 3.92. The van der Waals surface area contributed by atoms with Gasteiger partial charge in [-0.15, -0.1) is 0 Å². The summed E-state index contributed by atoms with van der Waals surface area (Å²) in [4.78, 5) is 16.7. The number of hydrogen-bond donors (Lipinski definition) is 2. The molecule has 0 bridgehead atoms. The van der Waals surface area contributed by atoms with Crippen LogP contribution in [0.15, 0.2) is 60.8 Å². The van der Waals surface area contributed by atoms with Gasteiger partial charge in [0.2, 0.25) is 0 Å². The zero-order valence-corrected chi connectivity index (χ0v) is 19.8. The van der Waals surface area contributed by atoms with Crippen LogP contribution in [0, 0.1) is 6.92 Å². The monoisotopic (exact) mass is 509 g/mol. The van der Waals surface area contributed by atoms with Crippen LogP contribution in [-0.2, 0) is 18.9 Å². The number of hydrogen-bond acceptors (Lipinski definition) is 2. The molecule has 3 aromatic rings. The number of nitrogens with zero attached hydrogens (tertiary/aromatic N) is 1. The zero-order valence-electron chi connectivity index (χ0n) is 19.8. The van der Waals surface area contributed by atoms with Crippen LogP contribution in [0.1, 0.15) is 64.9 Å². The van der Waals surface area contributed by atoms with E-state index in [2.05, 4.69) is 15.6 Å². The molecule has 1 aromatic heterocycles.